The van der Waals surface area contributed by atoms with Gasteiger partial charge in [0.15, 0.2) is 0 Å². The molecule has 2 saturated carbocycles. The molecule has 1 unspecified atom stereocenters. The van der Waals surface area contributed by atoms with Crippen molar-refractivity contribution >= 4 is 5.91 Å². The van der Waals surface area contributed by atoms with Gasteiger partial charge in [0.25, 0.3) is 0 Å². The fourth-order valence-electron chi connectivity index (χ4n) is 5.70. The first-order valence-corrected chi connectivity index (χ1v) is 11.2. The second-order valence-electron chi connectivity index (χ2n) is 9.35. The van der Waals surface area contributed by atoms with Gasteiger partial charge in [0.1, 0.15) is 6.10 Å². The molecule has 2 N–H and O–H groups in total. The third-order valence-electron chi connectivity index (χ3n) is 7.29. The van der Waals surface area contributed by atoms with Crippen LogP contribution in [0.2, 0.25) is 0 Å². The molecule has 3 aliphatic rings. The molecule has 30 heavy (non-hydrogen) atoms. The number of carbonyl (C=O) groups excluding carboxylic acids is 1. The SMILES string of the molecule is O=C(N[C@H]1CC[C@H]2CN(Cc3cccc(C(F)(F)F)c3)C[C@H]21)C(O)C1CCCCC1. The van der Waals surface area contributed by atoms with Gasteiger partial charge in [-0.2, -0.15) is 13.2 Å². The van der Waals surface area contributed by atoms with Gasteiger partial charge in [-0.25, -0.2) is 0 Å². The summed E-state index contributed by atoms with van der Waals surface area (Å²) >= 11 is 0. The summed E-state index contributed by atoms with van der Waals surface area (Å²) in [7, 11) is 0. The Morgan fingerprint density at radius 2 is 1.90 bits per heavy atom. The molecule has 2 aliphatic carbocycles. The number of hydrogen-bond donors (Lipinski definition) is 2. The van der Waals surface area contributed by atoms with Crippen LogP contribution in [0.5, 0.6) is 0 Å². The van der Waals surface area contributed by atoms with Gasteiger partial charge in [-0.3, -0.25) is 9.69 Å². The lowest BCUT2D eigenvalue weighted by Gasteiger charge is -2.28. The standard InChI is InChI=1S/C23H31F3N2O2/c24-23(25,26)18-8-4-5-15(11-18)12-28-13-17-9-10-20(19(17)14-28)27-22(30)21(29)16-6-2-1-3-7-16/h4-5,8,11,16-17,19-21,29H,1-3,6-7,9-10,12-14H2,(H,27,30)/t17-,19+,20-,21?/m0/s1. The van der Waals surface area contributed by atoms with Crippen LogP contribution in [0.1, 0.15) is 56.1 Å². The lowest BCUT2D eigenvalue weighted by atomic mass is 9.85. The molecule has 0 bridgehead atoms. The molecule has 1 saturated heterocycles. The Balaban J connectivity index is 1.32. The van der Waals surface area contributed by atoms with Crippen LogP contribution in [0.3, 0.4) is 0 Å². The van der Waals surface area contributed by atoms with Crippen LogP contribution in [0.4, 0.5) is 13.2 Å². The third-order valence-corrected chi connectivity index (χ3v) is 7.29. The largest absolute Gasteiger partial charge is 0.416 e. The Morgan fingerprint density at radius 3 is 2.63 bits per heavy atom. The number of rotatable bonds is 5. The lowest BCUT2D eigenvalue weighted by molar-refractivity contribution is -0.137. The van der Waals surface area contributed by atoms with Crippen molar-refractivity contribution in [2.45, 2.75) is 69.8 Å². The lowest BCUT2D eigenvalue weighted by Crippen LogP contribution is -2.47. The Morgan fingerprint density at radius 1 is 1.13 bits per heavy atom. The second-order valence-corrected chi connectivity index (χ2v) is 9.35. The molecule has 0 aromatic heterocycles. The number of aliphatic hydroxyl groups excluding tert-OH is 1. The van der Waals surface area contributed by atoms with Crippen LogP contribution in [-0.4, -0.2) is 41.1 Å². The van der Waals surface area contributed by atoms with Crippen LogP contribution in [0.25, 0.3) is 0 Å². The van der Waals surface area contributed by atoms with E-state index in [1.165, 1.54) is 18.6 Å². The van der Waals surface area contributed by atoms with E-state index in [4.69, 9.17) is 0 Å². The number of amides is 1. The van der Waals surface area contributed by atoms with Crippen molar-refractivity contribution in [3.8, 4) is 0 Å². The maximum Gasteiger partial charge on any atom is 0.416 e. The predicted octanol–water partition coefficient (Wildman–Crippen LogP) is 3.97. The van der Waals surface area contributed by atoms with Crippen molar-refractivity contribution in [3.63, 3.8) is 0 Å². The molecule has 1 heterocycles. The molecule has 4 atom stereocenters. The molecule has 4 rings (SSSR count). The minimum atomic E-state index is -4.33. The van der Waals surface area contributed by atoms with Crippen molar-refractivity contribution in [2.24, 2.45) is 17.8 Å². The van der Waals surface area contributed by atoms with Gasteiger partial charge in [-0.15, -0.1) is 0 Å². The van der Waals surface area contributed by atoms with Gasteiger partial charge in [-0.05, 0) is 55.1 Å². The van der Waals surface area contributed by atoms with E-state index in [9.17, 15) is 23.1 Å². The van der Waals surface area contributed by atoms with E-state index in [2.05, 4.69) is 10.2 Å². The zero-order valence-corrected chi connectivity index (χ0v) is 17.2. The van der Waals surface area contributed by atoms with Crippen molar-refractivity contribution in [3.05, 3.63) is 35.4 Å². The molecule has 0 spiro atoms. The normalized spacial score (nSPS) is 29.0. The van der Waals surface area contributed by atoms with Gasteiger partial charge < -0.3 is 10.4 Å². The van der Waals surface area contributed by atoms with Crippen molar-refractivity contribution < 1.29 is 23.1 Å². The van der Waals surface area contributed by atoms with Crippen molar-refractivity contribution in [2.75, 3.05) is 13.1 Å². The van der Waals surface area contributed by atoms with E-state index in [1.807, 2.05) is 0 Å². The van der Waals surface area contributed by atoms with E-state index in [1.54, 1.807) is 6.07 Å². The number of alkyl halides is 3. The number of aliphatic hydroxyl groups is 1. The van der Waals surface area contributed by atoms with E-state index in [0.717, 1.165) is 57.7 Å². The van der Waals surface area contributed by atoms with Crippen LogP contribution in [0, 0.1) is 17.8 Å². The first-order chi connectivity index (χ1) is 14.3. The molecule has 1 amide bonds. The maximum atomic E-state index is 13.0. The van der Waals surface area contributed by atoms with Crippen molar-refractivity contribution in [1.29, 1.82) is 0 Å². The van der Waals surface area contributed by atoms with E-state index >= 15 is 0 Å². The topological polar surface area (TPSA) is 52.6 Å². The molecular weight excluding hydrogens is 393 g/mol. The van der Waals surface area contributed by atoms with Crippen LogP contribution in [0.15, 0.2) is 24.3 Å². The average molecular weight is 425 g/mol. The number of halogens is 3. The zero-order chi connectivity index (χ0) is 21.3. The summed E-state index contributed by atoms with van der Waals surface area (Å²) in [6, 6.07) is 5.58. The van der Waals surface area contributed by atoms with Crippen molar-refractivity contribution in [1.82, 2.24) is 10.2 Å². The Bertz CT molecular complexity index is 748. The zero-order valence-electron chi connectivity index (χ0n) is 17.2. The highest BCUT2D eigenvalue weighted by molar-refractivity contribution is 5.81. The molecule has 166 valence electrons. The number of nitrogens with zero attached hydrogens (tertiary/aromatic N) is 1. The number of nitrogens with one attached hydrogen (secondary N) is 1. The molecular formula is C23H31F3N2O2. The predicted molar refractivity (Wildman–Crippen MR) is 107 cm³/mol. The van der Waals surface area contributed by atoms with Gasteiger partial charge in [0.2, 0.25) is 5.91 Å². The van der Waals surface area contributed by atoms with E-state index < -0.39 is 17.8 Å². The van der Waals surface area contributed by atoms with Crippen LogP contribution < -0.4 is 5.32 Å². The summed E-state index contributed by atoms with van der Waals surface area (Å²) in [5.74, 6) is 0.576. The Labute approximate surface area is 175 Å². The van der Waals surface area contributed by atoms with E-state index in [0.29, 0.717) is 23.9 Å². The summed E-state index contributed by atoms with van der Waals surface area (Å²) in [4.78, 5) is 14.8. The van der Waals surface area contributed by atoms with Crippen LogP contribution >= 0.6 is 0 Å². The van der Waals surface area contributed by atoms with Crippen LogP contribution in [-0.2, 0) is 17.5 Å². The first kappa shape index (κ1) is 21.6. The molecule has 1 aromatic rings. The third kappa shape index (κ3) is 4.83. The van der Waals surface area contributed by atoms with Gasteiger partial charge in [0, 0.05) is 25.7 Å². The quantitative estimate of drug-likeness (QED) is 0.752. The number of carbonyl (C=O) groups is 1. The number of likely N-dealkylation sites (tertiary alicyclic amines) is 1. The first-order valence-electron chi connectivity index (χ1n) is 11.2. The summed E-state index contributed by atoms with van der Waals surface area (Å²) in [5.41, 5.74) is 0.0549. The van der Waals surface area contributed by atoms with E-state index in [-0.39, 0.29) is 17.9 Å². The number of benzene rings is 1. The molecule has 1 aliphatic heterocycles. The summed E-state index contributed by atoms with van der Waals surface area (Å²) in [5, 5.41) is 13.6. The summed E-state index contributed by atoms with van der Waals surface area (Å²) in [6.07, 6.45) is 1.83. The fourth-order valence-corrected chi connectivity index (χ4v) is 5.70. The smallest absolute Gasteiger partial charge is 0.383 e. The summed E-state index contributed by atoms with van der Waals surface area (Å²) < 4.78 is 38.9. The monoisotopic (exact) mass is 424 g/mol. The summed E-state index contributed by atoms with van der Waals surface area (Å²) in [6.45, 7) is 2.10. The number of fused-ring (bicyclic) bond motifs is 1. The maximum absolute atomic E-state index is 13.0. The highest BCUT2D eigenvalue weighted by Crippen LogP contribution is 2.39. The molecule has 4 nitrogen and oxygen atoms in total. The van der Waals surface area contributed by atoms with Gasteiger partial charge in [-0.1, -0.05) is 37.5 Å². The minimum absolute atomic E-state index is 0.0484. The molecule has 7 heteroatoms. The Hall–Kier alpha value is -1.60. The fraction of sp³-hybridized carbons (Fsp3) is 0.696. The van der Waals surface area contributed by atoms with Gasteiger partial charge >= 0.3 is 6.18 Å². The number of hydrogen-bond acceptors (Lipinski definition) is 3. The Kier molecular flexibility index (Phi) is 6.39. The molecule has 3 fully saturated rings. The molecule has 0 radical (unpaired) electrons. The van der Waals surface area contributed by atoms with Gasteiger partial charge in [0.05, 0.1) is 5.56 Å². The minimum Gasteiger partial charge on any atom is -0.383 e. The average Bonchev–Trinajstić information content (AvgIpc) is 3.28. The molecule has 1 aromatic carbocycles. The second kappa shape index (κ2) is 8.87. The highest BCUT2D eigenvalue weighted by atomic mass is 19.4. The highest BCUT2D eigenvalue weighted by Gasteiger charge is 2.44.